The van der Waals surface area contributed by atoms with E-state index in [9.17, 15) is 13.6 Å². The molecule has 6 heteroatoms. The topological polar surface area (TPSA) is 36.1 Å². The number of halogens is 3. The van der Waals surface area contributed by atoms with E-state index in [0.29, 0.717) is 6.54 Å². The summed E-state index contributed by atoms with van der Waals surface area (Å²) < 4.78 is 26.9. The number of likely N-dealkylation sites (tertiary alicyclic amines) is 1. The Hall–Kier alpha value is -2.76. The van der Waals surface area contributed by atoms with Gasteiger partial charge in [0.25, 0.3) is 5.56 Å². The third kappa shape index (κ3) is 5.65. The molecule has 0 radical (unpaired) electrons. The van der Waals surface area contributed by atoms with Crippen LogP contribution in [0, 0.1) is 17.6 Å². The molecule has 0 amide bonds. The summed E-state index contributed by atoms with van der Waals surface area (Å²) in [5.41, 5.74) is 4.41. The maximum atomic E-state index is 13.6. The number of hydrogen-bond donors (Lipinski definition) is 1. The number of benzene rings is 2. The number of nitrogens with one attached hydrogen (secondary N) is 1. The van der Waals surface area contributed by atoms with Crippen molar-refractivity contribution in [2.45, 2.75) is 39.2 Å². The van der Waals surface area contributed by atoms with Gasteiger partial charge in [-0.25, -0.2) is 8.78 Å². The van der Waals surface area contributed by atoms with Crippen LogP contribution in [0.5, 0.6) is 0 Å². The second-order valence-corrected chi connectivity index (χ2v) is 10.4. The Labute approximate surface area is 204 Å². The molecule has 1 aliphatic heterocycles. The van der Waals surface area contributed by atoms with Crippen molar-refractivity contribution in [3.05, 3.63) is 110 Å². The van der Waals surface area contributed by atoms with Crippen molar-refractivity contribution in [3.63, 3.8) is 0 Å². The highest BCUT2D eigenvalue weighted by molar-refractivity contribution is 6.30. The molecular weight excluding hydrogens is 454 g/mol. The minimum absolute atomic E-state index is 0.0444. The Bertz CT molecular complexity index is 1260. The third-order valence-corrected chi connectivity index (χ3v) is 6.61. The van der Waals surface area contributed by atoms with Crippen LogP contribution in [0.4, 0.5) is 8.78 Å². The normalized spacial score (nSPS) is 17.4. The van der Waals surface area contributed by atoms with E-state index in [-0.39, 0.29) is 21.9 Å². The summed E-state index contributed by atoms with van der Waals surface area (Å²) in [7, 11) is 0. The molecule has 1 aromatic heterocycles. The van der Waals surface area contributed by atoms with Crippen molar-refractivity contribution in [3.8, 4) is 0 Å². The van der Waals surface area contributed by atoms with Gasteiger partial charge in [-0.15, -0.1) is 0 Å². The lowest BCUT2D eigenvalue weighted by molar-refractivity contribution is 0.323. The first-order valence-corrected chi connectivity index (χ1v) is 11.9. The fraction of sp³-hybridized carbons (Fsp3) is 0.321. The van der Waals surface area contributed by atoms with Crippen LogP contribution in [0.1, 0.15) is 49.6 Å². The monoisotopic (exact) mass is 482 g/mol. The summed E-state index contributed by atoms with van der Waals surface area (Å²) in [6.45, 7) is 8.74. The average molecular weight is 483 g/mol. The van der Waals surface area contributed by atoms with E-state index in [1.165, 1.54) is 17.7 Å². The molecule has 34 heavy (non-hydrogen) atoms. The van der Waals surface area contributed by atoms with E-state index < -0.39 is 11.6 Å². The van der Waals surface area contributed by atoms with Gasteiger partial charge in [0, 0.05) is 24.4 Å². The van der Waals surface area contributed by atoms with Gasteiger partial charge in [-0.05, 0) is 65.3 Å². The quantitative estimate of drug-likeness (QED) is 0.447. The number of aromatic nitrogens is 1. The molecule has 0 spiro atoms. The first-order chi connectivity index (χ1) is 16.1. The van der Waals surface area contributed by atoms with E-state index in [1.54, 1.807) is 12.1 Å². The van der Waals surface area contributed by atoms with E-state index in [4.69, 9.17) is 11.6 Å². The van der Waals surface area contributed by atoms with Crippen LogP contribution >= 0.6 is 11.6 Å². The van der Waals surface area contributed by atoms with Gasteiger partial charge in [0.05, 0.1) is 0 Å². The lowest BCUT2D eigenvalue weighted by atomic mass is 9.85. The zero-order chi connectivity index (χ0) is 24.5. The molecule has 1 fully saturated rings. The molecule has 3 nitrogen and oxygen atoms in total. The third-order valence-electron chi connectivity index (χ3n) is 6.31. The fourth-order valence-electron chi connectivity index (χ4n) is 4.38. The zero-order valence-electron chi connectivity index (χ0n) is 19.7. The van der Waals surface area contributed by atoms with E-state index in [0.717, 1.165) is 41.9 Å². The summed E-state index contributed by atoms with van der Waals surface area (Å²) in [5.74, 6) is -1.40. The van der Waals surface area contributed by atoms with Crippen LogP contribution in [0.2, 0.25) is 5.02 Å². The van der Waals surface area contributed by atoms with Gasteiger partial charge < -0.3 is 4.98 Å². The summed E-state index contributed by atoms with van der Waals surface area (Å²) in [6.07, 6.45) is 3.14. The van der Waals surface area contributed by atoms with Crippen LogP contribution in [0.3, 0.4) is 0 Å². The van der Waals surface area contributed by atoms with Gasteiger partial charge in [-0.3, -0.25) is 9.69 Å². The maximum absolute atomic E-state index is 13.6. The largest absolute Gasteiger partial charge is 0.321 e. The zero-order valence-corrected chi connectivity index (χ0v) is 20.4. The van der Waals surface area contributed by atoms with E-state index >= 15 is 0 Å². The van der Waals surface area contributed by atoms with Crippen LogP contribution in [-0.4, -0.2) is 23.0 Å². The molecule has 4 rings (SSSR count). The van der Waals surface area contributed by atoms with Gasteiger partial charge in [0.2, 0.25) is 0 Å². The van der Waals surface area contributed by atoms with E-state index in [1.807, 2.05) is 6.07 Å². The van der Waals surface area contributed by atoms with Crippen molar-refractivity contribution in [2.24, 2.45) is 5.92 Å². The molecule has 0 bridgehead atoms. The molecule has 0 aliphatic carbocycles. The van der Waals surface area contributed by atoms with Crippen LogP contribution < -0.4 is 5.56 Å². The second kappa shape index (κ2) is 9.85. The highest BCUT2D eigenvalue weighted by Gasteiger charge is 2.23. The Morgan fingerprint density at radius 2 is 1.82 bits per heavy atom. The highest BCUT2D eigenvalue weighted by atomic mass is 35.5. The number of aromatic amines is 1. The van der Waals surface area contributed by atoms with Crippen molar-refractivity contribution in [1.82, 2.24) is 9.88 Å². The molecule has 2 aromatic carbocycles. The van der Waals surface area contributed by atoms with E-state index in [2.05, 4.69) is 61.0 Å². The summed E-state index contributed by atoms with van der Waals surface area (Å²) in [6, 6.07) is 16.0. The fourth-order valence-corrected chi connectivity index (χ4v) is 4.49. The predicted molar refractivity (Wildman–Crippen MR) is 134 cm³/mol. The first kappa shape index (κ1) is 24.4. The first-order valence-electron chi connectivity index (χ1n) is 11.5. The molecule has 1 aliphatic rings. The molecule has 1 saturated heterocycles. The molecular formula is C28H29ClF2N2O. The number of nitrogens with zero attached hydrogens (tertiary/aromatic N) is 1. The Morgan fingerprint density at radius 3 is 2.47 bits per heavy atom. The number of H-pyrrole nitrogens is 1. The summed E-state index contributed by atoms with van der Waals surface area (Å²) in [5, 5.41) is 0.157. The van der Waals surface area contributed by atoms with Gasteiger partial charge in [0.15, 0.2) is 11.6 Å². The standard InChI is InChI=1S/C28H29ClF2N2O/c1-28(2,3)21-7-5-20(6-8-21)22(26-11-9-23(29)27(34)32-26)14-19-12-13-33(17-19)16-18-4-10-24(30)25(31)15-18/h4-11,14-15,19H,12-13,16-17H2,1-3H3,(H,32,34)/b22-14-/t19-/m1/s1. The summed E-state index contributed by atoms with van der Waals surface area (Å²) >= 11 is 5.97. The van der Waals surface area contributed by atoms with Crippen LogP contribution in [0.15, 0.2) is 65.5 Å². The van der Waals surface area contributed by atoms with Gasteiger partial charge in [0.1, 0.15) is 5.02 Å². The molecule has 3 aromatic rings. The van der Waals surface area contributed by atoms with Crippen LogP contribution in [0.25, 0.3) is 5.57 Å². The SMILES string of the molecule is CC(C)(C)c1ccc(/C(=C/[C@H]2CCN(Cc3ccc(F)c(F)c3)C2)c2ccc(Cl)c(=O)[nH]2)cc1. The molecule has 178 valence electrons. The van der Waals surface area contributed by atoms with Crippen LogP contribution in [-0.2, 0) is 12.0 Å². The number of hydrogen-bond acceptors (Lipinski definition) is 2. The maximum Gasteiger partial charge on any atom is 0.267 e. The lowest BCUT2D eigenvalue weighted by Crippen LogP contribution is -2.20. The van der Waals surface area contributed by atoms with Gasteiger partial charge in [-0.1, -0.05) is 68.8 Å². The predicted octanol–water partition coefficient (Wildman–Crippen LogP) is 6.56. The number of rotatable bonds is 5. The summed E-state index contributed by atoms with van der Waals surface area (Å²) in [4.78, 5) is 17.4. The molecule has 2 heterocycles. The molecule has 1 atom stereocenters. The average Bonchev–Trinajstić information content (AvgIpc) is 3.23. The van der Waals surface area contributed by atoms with Crippen molar-refractivity contribution in [1.29, 1.82) is 0 Å². The lowest BCUT2D eigenvalue weighted by Gasteiger charge is -2.20. The second-order valence-electron chi connectivity index (χ2n) is 9.99. The Kier molecular flexibility index (Phi) is 7.06. The number of pyridine rings is 1. The van der Waals surface area contributed by atoms with Crippen molar-refractivity contribution in [2.75, 3.05) is 13.1 Å². The highest BCUT2D eigenvalue weighted by Crippen LogP contribution is 2.30. The Balaban J connectivity index is 1.61. The van der Waals surface area contributed by atoms with Crippen molar-refractivity contribution < 1.29 is 8.78 Å². The molecule has 0 saturated carbocycles. The molecule has 0 unspecified atom stereocenters. The minimum Gasteiger partial charge on any atom is -0.321 e. The van der Waals surface area contributed by atoms with Gasteiger partial charge in [-0.2, -0.15) is 0 Å². The smallest absolute Gasteiger partial charge is 0.267 e. The molecule has 1 N–H and O–H groups in total. The van der Waals surface area contributed by atoms with Crippen molar-refractivity contribution >= 4 is 17.2 Å². The van der Waals surface area contributed by atoms with Gasteiger partial charge >= 0.3 is 0 Å². The Morgan fingerprint density at radius 1 is 1.09 bits per heavy atom. The minimum atomic E-state index is -0.829.